The standard InChI is InChI=1S/C13H15ClFNO3S/c1-13(4-2-3-5-19-13)12(18)16-20-8-6-9(14)11(17)10(15)7-8/h6-7,17H,2-5H2,1H3,(H,16,18). The molecule has 0 aliphatic carbocycles. The first-order chi connectivity index (χ1) is 9.42. The second-order valence-corrected chi connectivity index (χ2v) is 6.09. The van der Waals surface area contributed by atoms with Crippen molar-refractivity contribution in [2.24, 2.45) is 0 Å². The Labute approximate surface area is 125 Å². The third-order valence-corrected chi connectivity index (χ3v) is 4.25. The summed E-state index contributed by atoms with van der Waals surface area (Å²) in [5, 5.41) is 9.13. The molecule has 1 saturated heterocycles. The normalized spacial score (nSPS) is 22.6. The molecule has 4 nitrogen and oxygen atoms in total. The molecular formula is C13H15ClFNO3S. The number of halogens is 2. The summed E-state index contributed by atoms with van der Waals surface area (Å²) in [5.41, 5.74) is -0.843. The molecule has 1 unspecified atom stereocenters. The second kappa shape index (κ2) is 6.20. The largest absolute Gasteiger partial charge is 0.504 e. The van der Waals surface area contributed by atoms with Crippen LogP contribution in [0.2, 0.25) is 5.02 Å². The summed E-state index contributed by atoms with van der Waals surface area (Å²) in [4.78, 5) is 12.5. The molecule has 1 heterocycles. The van der Waals surface area contributed by atoms with Crippen LogP contribution in [0.15, 0.2) is 17.0 Å². The van der Waals surface area contributed by atoms with Gasteiger partial charge < -0.3 is 9.84 Å². The summed E-state index contributed by atoms with van der Waals surface area (Å²) in [6, 6.07) is 2.49. The third-order valence-electron chi connectivity index (χ3n) is 3.20. The fraction of sp³-hybridized carbons (Fsp3) is 0.462. The molecule has 110 valence electrons. The van der Waals surface area contributed by atoms with Crippen molar-refractivity contribution in [3.8, 4) is 5.75 Å². The minimum atomic E-state index is -0.843. The monoisotopic (exact) mass is 319 g/mol. The third kappa shape index (κ3) is 3.37. The average Bonchev–Trinajstić information content (AvgIpc) is 2.42. The van der Waals surface area contributed by atoms with Crippen LogP contribution in [0.25, 0.3) is 0 Å². The van der Waals surface area contributed by atoms with Gasteiger partial charge in [0, 0.05) is 11.5 Å². The fourth-order valence-electron chi connectivity index (χ4n) is 1.93. The molecule has 1 aliphatic rings. The lowest BCUT2D eigenvalue weighted by Gasteiger charge is -2.31. The summed E-state index contributed by atoms with van der Waals surface area (Å²) in [6.07, 6.45) is 2.55. The molecule has 7 heteroatoms. The smallest absolute Gasteiger partial charge is 0.262 e. The summed E-state index contributed by atoms with van der Waals surface area (Å²) < 4.78 is 21.5. The highest BCUT2D eigenvalue weighted by Gasteiger charge is 2.36. The Hall–Kier alpha value is -0.980. The minimum absolute atomic E-state index is 0.0955. The van der Waals surface area contributed by atoms with Crippen molar-refractivity contribution >= 4 is 29.5 Å². The van der Waals surface area contributed by atoms with E-state index in [0.29, 0.717) is 17.9 Å². The van der Waals surface area contributed by atoms with E-state index in [2.05, 4.69) is 4.72 Å². The highest BCUT2D eigenvalue weighted by molar-refractivity contribution is 7.98. The number of carbonyl (C=O) groups is 1. The maximum atomic E-state index is 13.3. The van der Waals surface area contributed by atoms with Crippen LogP contribution >= 0.6 is 23.5 Å². The molecule has 1 aromatic rings. The Kier molecular flexibility index (Phi) is 4.78. The number of hydrogen-bond donors (Lipinski definition) is 2. The predicted molar refractivity (Wildman–Crippen MR) is 75.3 cm³/mol. The Morgan fingerprint density at radius 3 is 2.90 bits per heavy atom. The zero-order valence-corrected chi connectivity index (χ0v) is 12.5. The molecular weight excluding hydrogens is 305 g/mol. The molecule has 0 aromatic heterocycles. The number of ether oxygens (including phenoxy) is 1. The lowest BCUT2D eigenvalue weighted by atomic mass is 9.95. The lowest BCUT2D eigenvalue weighted by molar-refractivity contribution is -0.148. The molecule has 0 radical (unpaired) electrons. The van der Waals surface area contributed by atoms with Crippen molar-refractivity contribution in [3.63, 3.8) is 0 Å². The fourth-order valence-corrected chi connectivity index (χ4v) is 2.97. The van der Waals surface area contributed by atoms with Gasteiger partial charge >= 0.3 is 0 Å². The number of benzene rings is 1. The predicted octanol–water partition coefficient (Wildman–Crippen LogP) is 3.27. The molecule has 1 aromatic carbocycles. The van der Waals surface area contributed by atoms with Crippen molar-refractivity contribution in [1.82, 2.24) is 4.72 Å². The van der Waals surface area contributed by atoms with E-state index in [1.165, 1.54) is 6.07 Å². The van der Waals surface area contributed by atoms with Crippen molar-refractivity contribution in [3.05, 3.63) is 23.0 Å². The van der Waals surface area contributed by atoms with Crippen LogP contribution in [0.4, 0.5) is 4.39 Å². The van der Waals surface area contributed by atoms with Crippen molar-refractivity contribution in [2.45, 2.75) is 36.7 Å². The van der Waals surface area contributed by atoms with Gasteiger partial charge in [0.05, 0.1) is 5.02 Å². The first-order valence-electron chi connectivity index (χ1n) is 6.21. The number of aromatic hydroxyl groups is 1. The molecule has 20 heavy (non-hydrogen) atoms. The van der Waals surface area contributed by atoms with E-state index in [0.717, 1.165) is 30.9 Å². The number of phenolic OH excluding ortho intramolecular Hbond substituents is 1. The van der Waals surface area contributed by atoms with E-state index < -0.39 is 17.2 Å². The molecule has 2 rings (SSSR count). The number of amides is 1. The van der Waals surface area contributed by atoms with Gasteiger partial charge in [0.25, 0.3) is 5.91 Å². The van der Waals surface area contributed by atoms with E-state index in [-0.39, 0.29) is 10.9 Å². The number of rotatable bonds is 3. The molecule has 0 spiro atoms. The average molecular weight is 320 g/mol. The summed E-state index contributed by atoms with van der Waals surface area (Å²) in [7, 11) is 0. The van der Waals surface area contributed by atoms with Crippen molar-refractivity contribution in [1.29, 1.82) is 0 Å². The summed E-state index contributed by atoms with van der Waals surface area (Å²) in [6.45, 7) is 2.31. The van der Waals surface area contributed by atoms with Crippen LogP contribution in [-0.4, -0.2) is 23.2 Å². The maximum Gasteiger partial charge on any atom is 0.262 e. The van der Waals surface area contributed by atoms with E-state index in [1.54, 1.807) is 6.92 Å². The first kappa shape index (κ1) is 15.4. The second-order valence-electron chi connectivity index (χ2n) is 4.81. The molecule has 1 amide bonds. The van der Waals surface area contributed by atoms with Crippen LogP contribution in [0.5, 0.6) is 5.75 Å². The Morgan fingerprint density at radius 1 is 1.55 bits per heavy atom. The Morgan fingerprint density at radius 2 is 2.30 bits per heavy atom. The number of hydrogen-bond acceptors (Lipinski definition) is 4. The van der Waals surface area contributed by atoms with Crippen molar-refractivity contribution in [2.75, 3.05) is 6.61 Å². The van der Waals surface area contributed by atoms with Crippen LogP contribution in [0.3, 0.4) is 0 Å². The zero-order valence-electron chi connectivity index (χ0n) is 10.9. The Bertz CT molecular complexity index is 497. The van der Waals surface area contributed by atoms with Gasteiger partial charge in [-0.15, -0.1) is 0 Å². The molecule has 1 fully saturated rings. The first-order valence-corrected chi connectivity index (χ1v) is 7.41. The van der Waals surface area contributed by atoms with Gasteiger partial charge in [-0.3, -0.25) is 9.52 Å². The number of phenols is 1. The van der Waals surface area contributed by atoms with E-state index in [1.807, 2.05) is 0 Å². The summed E-state index contributed by atoms with van der Waals surface area (Å²) >= 11 is 6.61. The van der Waals surface area contributed by atoms with Gasteiger partial charge in [0.1, 0.15) is 5.60 Å². The highest BCUT2D eigenvalue weighted by Crippen LogP contribution is 2.32. The van der Waals surface area contributed by atoms with Gasteiger partial charge in [-0.25, -0.2) is 4.39 Å². The molecule has 1 aliphatic heterocycles. The van der Waals surface area contributed by atoms with E-state index in [4.69, 9.17) is 16.3 Å². The van der Waals surface area contributed by atoms with Crippen molar-refractivity contribution < 1.29 is 19.0 Å². The van der Waals surface area contributed by atoms with Gasteiger partial charge in [0.15, 0.2) is 11.6 Å². The van der Waals surface area contributed by atoms with Gasteiger partial charge in [0.2, 0.25) is 0 Å². The SMILES string of the molecule is CC1(C(=O)NSc2cc(F)c(O)c(Cl)c2)CCCCO1. The van der Waals surface area contributed by atoms with Crippen LogP contribution in [-0.2, 0) is 9.53 Å². The number of nitrogens with one attached hydrogen (secondary N) is 1. The van der Waals surface area contributed by atoms with Crippen LogP contribution in [0.1, 0.15) is 26.2 Å². The lowest BCUT2D eigenvalue weighted by Crippen LogP contribution is -2.46. The van der Waals surface area contributed by atoms with Gasteiger partial charge in [-0.05, 0) is 50.3 Å². The quantitative estimate of drug-likeness (QED) is 0.840. The van der Waals surface area contributed by atoms with E-state index in [9.17, 15) is 14.3 Å². The molecule has 2 N–H and O–H groups in total. The summed E-state index contributed by atoms with van der Waals surface area (Å²) in [5.74, 6) is -1.67. The molecule has 1 atom stereocenters. The van der Waals surface area contributed by atoms with Crippen LogP contribution < -0.4 is 4.72 Å². The van der Waals surface area contributed by atoms with Gasteiger partial charge in [-0.1, -0.05) is 11.6 Å². The van der Waals surface area contributed by atoms with Crippen LogP contribution in [0, 0.1) is 5.82 Å². The number of carbonyl (C=O) groups excluding carboxylic acids is 1. The molecule has 0 saturated carbocycles. The van der Waals surface area contributed by atoms with E-state index >= 15 is 0 Å². The maximum absolute atomic E-state index is 13.3. The zero-order chi connectivity index (χ0) is 14.8. The minimum Gasteiger partial charge on any atom is -0.504 e. The Balaban J connectivity index is 2.00. The van der Waals surface area contributed by atoms with Gasteiger partial charge in [-0.2, -0.15) is 0 Å². The molecule has 0 bridgehead atoms. The highest BCUT2D eigenvalue weighted by atomic mass is 35.5. The topological polar surface area (TPSA) is 58.6 Å².